The molecule has 1 heterocycles. The highest BCUT2D eigenvalue weighted by Crippen LogP contribution is 2.41. The van der Waals surface area contributed by atoms with Crippen LogP contribution in [0.1, 0.15) is 53.4 Å². The number of hydrogen-bond donors (Lipinski definition) is 1. The van der Waals surface area contributed by atoms with Crippen molar-refractivity contribution < 1.29 is 0 Å². The van der Waals surface area contributed by atoms with E-state index in [9.17, 15) is 0 Å². The SMILES string of the molecule is CC1CCC(CN)(N2CCSC(C)(C)CC2)CC1C. The summed E-state index contributed by atoms with van der Waals surface area (Å²) in [5, 5.41) is 0. The van der Waals surface area contributed by atoms with E-state index in [1.54, 1.807) is 0 Å². The van der Waals surface area contributed by atoms with Crippen molar-refractivity contribution in [2.45, 2.75) is 63.7 Å². The Morgan fingerprint density at radius 3 is 2.53 bits per heavy atom. The fourth-order valence-electron chi connectivity index (χ4n) is 3.78. The van der Waals surface area contributed by atoms with Gasteiger partial charge in [0.15, 0.2) is 0 Å². The summed E-state index contributed by atoms with van der Waals surface area (Å²) in [6, 6.07) is 0. The number of hydrogen-bond acceptors (Lipinski definition) is 3. The molecule has 19 heavy (non-hydrogen) atoms. The molecule has 0 aromatic carbocycles. The second-order valence-electron chi connectivity index (χ2n) is 7.47. The van der Waals surface area contributed by atoms with Crippen LogP contribution in [0.25, 0.3) is 0 Å². The average molecular weight is 285 g/mol. The van der Waals surface area contributed by atoms with Gasteiger partial charge in [-0.05, 0) is 37.5 Å². The maximum Gasteiger partial charge on any atom is 0.0334 e. The minimum atomic E-state index is 0.299. The molecule has 2 fully saturated rings. The highest BCUT2D eigenvalue weighted by atomic mass is 32.2. The second-order valence-corrected chi connectivity index (χ2v) is 9.27. The van der Waals surface area contributed by atoms with Crippen LogP contribution >= 0.6 is 11.8 Å². The normalized spacial score (nSPS) is 40.9. The molecule has 1 saturated heterocycles. The zero-order valence-corrected chi connectivity index (χ0v) is 14.1. The number of nitrogens with zero attached hydrogens (tertiary/aromatic N) is 1. The summed E-state index contributed by atoms with van der Waals surface area (Å²) in [6.45, 7) is 12.9. The van der Waals surface area contributed by atoms with Gasteiger partial charge in [0.1, 0.15) is 0 Å². The van der Waals surface area contributed by atoms with Crippen molar-refractivity contribution in [3.63, 3.8) is 0 Å². The molecule has 0 aromatic rings. The standard InChI is InChI=1S/C16H32N2S/c1-13-5-6-16(12-17,11-14(13)2)18-8-7-15(3,4)19-10-9-18/h13-14H,5-12,17H2,1-4H3. The van der Waals surface area contributed by atoms with Gasteiger partial charge in [-0.15, -0.1) is 0 Å². The van der Waals surface area contributed by atoms with E-state index >= 15 is 0 Å². The Balaban J connectivity index is 2.08. The van der Waals surface area contributed by atoms with E-state index in [1.165, 1.54) is 44.5 Å². The molecule has 1 aliphatic carbocycles. The van der Waals surface area contributed by atoms with Gasteiger partial charge in [-0.2, -0.15) is 11.8 Å². The lowest BCUT2D eigenvalue weighted by molar-refractivity contribution is 0.0249. The molecule has 0 amide bonds. The van der Waals surface area contributed by atoms with E-state index in [0.29, 0.717) is 10.3 Å². The Hall–Kier alpha value is 0.270. The summed E-state index contributed by atoms with van der Waals surface area (Å²) in [4.78, 5) is 2.75. The number of rotatable bonds is 2. The van der Waals surface area contributed by atoms with E-state index < -0.39 is 0 Å². The minimum Gasteiger partial charge on any atom is -0.329 e. The molecule has 2 N–H and O–H groups in total. The van der Waals surface area contributed by atoms with E-state index in [0.717, 1.165) is 18.4 Å². The molecule has 2 aliphatic rings. The summed E-state index contributed by atoms with van der Waals surface area (Å²) in [7, 11) is 0. The first-order valence-corrected chi connectivity index (χ1v) is 8.96. The fraction of sp³-hybridized carbons (Fsp3) is 1.00. The van der Waals surface area contributed by atoms with E-state index in [-0.39, 0.29) is 0 Å². The first-order valence-electron chi connectivity index (χ1n) is 7.98. The first-order chi connectivity index (χ1) is 8.88. The summed E-state index contributed by atoms with van der Waals surface area (Å²) in [6.07, 6.45) is 5.25. The lowest BCUT2D eigenvalue weighted by Gasteiger charge is -2.49. The van der Waals surface area contributed by atoms with Crippen molar-refractivity contribution in [1.29, 1.82) is 0 Å². The third kappa shape index (κ3) is 3.48. The predicted molar refractivity (Wildman–Crippen MR) is 86.7 cm³/mol. The van der Waals surface area contributed by atoms with Crippen LogP contribution in [0.15, 0.2) is 0 Å². The maximum absolute atomic E-state index is 6.25. The monoisotopic (exact) mass is 284 g/mol. The Morgan fingerprint density at radius 2 is 1.89 bits per heavy atom. The fourth-order valence-corrected chi connectivity index (χ4v) is 4.88. The molecule has 3 atom stereocenters. The Bertz CT molecular complexity index is 305. The van der Waals surface area contributed by atoms with Crippen molar-refractivity contribution in [2.75, 3.05) is 25.4 Å². The van der Waals surface area contributed by atoms with Gasteiger partial charge in [0, 0.05) is 35.7 Å². The van der Waals surface area contributed by atoms with Gasteiger partial charge >= 0.3 is 0 Å². The molecule has 112 valence electrons. The van der Waals surface area contributed by atoms with E-state index in [4.69, 9.17) is 5.73 Å². The first kappa shape index (κ1) is 15.7. The van der Waals surface area contributed by atoms with Crippen LogP contribution in [0.3, 0.4) is 0 Å². The maximum atomic E-state index is 6.25. The van der Waals surface area contributed by atoms with Crippen molar-refractivity contribution in [2.24, 2.45) is 17.6 Å². The molecule has 3 unspecified atom stereocenters. The van der Waals surface area contributed by atoms with Gasteiger partial charge in [0.2, 0.25) is 0 Å². The van der Waals surface area contributed by atoms with Gasteiger partial charge in [0.05, 0.1) is 0 Å². The van der Waals surface area contributed by atoms with Crippen LogP contribution in [0, 0.1) is 11.8 Å². The summed E-state index contributed by atoms with van der Waals surface area (Å²) in [5.41, 5.74) is 6.55. The molecular weight excluding hydrogens is 252 g/mol. The highest BCUT2D eigenvalue weighted by Gasteiger charge is 2.42. The molecule has 2 rings (SSSR count). The third-order valence-corrected chi connectivity index (χ3v) is 7.00. The van der Waals surface area contributed by atoms with E-state index in [2.05, 4.69) is 44.4 Å². The van der Waals surface area contributed by atoms with Gasteiger partial charge in [-0.25, -0.2) is 0 Å². The smallest absolute Gasteiger partial charge is 0.0334 e. The molecule has 0 spiro atoms. The molecule has 0 radical (unpaired) electrons. The predicted octanol–water partition coefficient (Wildman–Crippen LogP) is 3.36. The summed E-state index contributed by atoms with van der Waals surface area (Å²) < 4.78 is 0.443. The summed E-state index contributed by atoms with van der Waals surface area (Å²) in [5.74, 6) is 2.96. The van der Waals surface area contributed by atoms with Crippen LogP contribution in [0.5, 0.6) is 0 Å². The lowest BCUT2D eigenvalue weighted by Crippen LogP contribution is -2.57. The summed E-state index contributed by atoms with van der Waals surface area (Å²) >= 11 is 2.14. The van der Waals surface area contributed by atoms with Crippen LogP contribution in [-0.2, 0) is 0 Å². The van der Waals surface area contributed by atoms with Crippen LogP contribution in [-0.4, -0.2) is 40.6 Å². The quantitative estimate of drug-likeness (QED) is 0.843. The van der Waals surface area contributed by atoms with Crippen LogP contribution in [0.4, 0.5) is 0 Å². The Morgan fingerprint density at radius 1 is 1.16 bits per heavy atom. The molecule has 1 aliphatic heterocycles. The molecule has 1 saturated carbocycles. The highest BCUT2D eigenvalue weighted by molar-refractivity contribution is 8.00. The van der Waals surface area contributed by atoms with Crippen molar-refractivity contribution >= 4 is 11.8 Å². The number of nitrogens with two attached hydrogens (primary N) is 1. The van der Waals surface area contributed by atoms with Crippen molar-refractivity contribution in [1.82, 2.24) is 4.90 Å². The molecule has 0 aromatic heterocycles. The van der Waals surface area contributed by atoms with Gasteiger partial charge in [0.25, 0.3) is 0 Å². The Kier molecular flexibility index (Phi) is 4.90. The van der Waals surface area contributed by atoms with Gasteiger partial charge in [-0.1, -0.05) is 27.7 Å². The molecular formula is C16H32N2S. The van der Waals surface area contributed by atoms with Crippen molar-refractivity contribution in [3.8, 4) is 0 Å². The zero-order chi connectivity index (χ0) is 14.1. The number of thioether (sulfide) groups is 1. The van der Waals surface area contributed by atoms with Crippen LogP contribution in [0.2, 0.25) is 0 Å². The topological polar surface area (TPSA) is 29.3 Å². The minimum absolute atomic E-state index is 0.299. The van der Waals surface area contributed by atoms with Crippen LogP contribution < -0.4 is 5.73 Å². The van der Waals surface area contributed by atoms with E-state index in [1.807, 2.05) is 0 Å². The molecule has 0 bridgehead atoms. The lowest BCUT2D eigenvalue weighted by atomic mass is 9.70. The third-order valence-electron chi connectivity index (χ3n) is 5.63. The molecule has 2 nitrogen and oxygen atoms in total. The Labute approximate surface area is 123 Å². The zero-order valence-electron chi connectivity index (χ0n) is 13.2. The second kappa shape index (κ2) is 5.95. The largest absolute Gasteiger partial charge is 0.329 e. The van der Waals surface area contributed by atoms with Gasteiger partial charge < -0.3 is 5.73 Å². The average Bonchev–Trinajstić information content (AvgIpc) is 2.54. The van der Waals surface area contributed by atoms with Crippen molar-refractivity contribution in [3.05, 3.63) is 0 Å². The van der Waals surface area contributed by atoms with Gasteiger partial charge in [-0.3, -0.25) is 4.90 Å². The molecule has 3 heteroatoms.